The van der Waals surface area contributed by atoms with Crippen molar-refractivity contribution in [2.45, 2.75) is 45.5 Å². The zero-order chi connectivity index (χ0) is 18.8. The maximum Gasteiger partial charge on any atom is 0.471 e. The highest BCUT2D eigenvalue weighted by Gasteiger charge is 2.39. The Labute approximate surface area is 147 Å². The number of amides is 1. The number of nitrogens with zero attached hydrogens (tertiary/aromatic N) is 2. The van der Waals surface area contributed by atoms with E-state index in [1.165, 1.54) is 0 Å². The molecule has 140 valence electrons. The van der Waals surface area contributed by atoms with E-state index in [4.69, 9.17) is 0 Å². The molecule has 1 unspecified atom stereocenters. The number of halogens is 3. The number of rotatable bonds is 3. The first-order valence-electron chi connectivity index (χ1n) is 8.46. The van der Waals surface area contributed by atoms with E-state index in [2.05, 4.69) is 30.6 Å². The minimum absolute atomic E-state index is 0.155. The van der Waals surface area contributed by atoms with Crippen LogP contribution in [0.4, 0.5) is 18.9 Å². The molecular weight excluding hydrogens is 331 g/mol. The standard InChI is InChI=1S/C18H26F3N3O/c1-13(22-16(25)18(19,20)21)14-5-7-15(8-6-14)23-9-11-24(12-10-23)17(2,3)4/h5-8,13H,9-12H2,1-4H3,(H,22,25). The van der Waals surface area contributed by atoms with E-state index >= 15 is 0 Å². The van der Waals surface area contributed by atoms with Crippen LogP contribution in [0.15, 0.2) is 24.3 Å². The van der Waals surface area contributed by atoms with Gasteiger partial charge in [-0.05, 0) is 45.4 Å². The minimum Gasteiger partial charge on any atom is -0.369 e. The first kappa shape index (κ1) is 19.6. The molecule has 1 fully saturated rings. The zero-order valence-corrected chi connectivity index (χ0v) is 15.2. The summed E-state index contributed by atoms with van der Waals surface area (Å²) in [6, 6.07) is 6.65. The van der Waals surface area contributed by atoms with Gasteiger partial charge >= 0.3 is 12.1 Å². The number of carbonyl (C=O) groups excluding carboxylic acids is 1. The number of hydrogen-bond acceptors (Lipinski definition) is 3. The molecule has 25 heavy (non-hydrogen) atoms. The third-order valence-corrected chi connectivity index (χ3v) is 4.59. The Morgan fingerprint density at radius 1 is 1.04 bits per heavy atom. The van der Waals surface area contributed by atoms with E-state index in [9.17, 15) is 18.0 Å². The maximum absolute atomic E-state index is 12.3. The molecule has 1 N–H and O–H groups in total. The van der Waals surface area contributed by atoms with Gasteiger partial charge in [-0.3, -0.25) is 9.69 Å². The SMILES string of the molecule is CC(NC(=O)C(F)(F)F)c1ccc(N2CCN(C(C)(C)C)CC2)cc1. The monoisotopic (exact) mass is 357 g/mol. The summed E-state index contributed by atoms with van der Waals surface area (Å²) < 4.78 is 37.0. The molecule has 1 heterocycles. The molecule has 0 aromatic heterocycles. The molecule has 0 spiro atoms. The van der Waals surface area contributed by atoms with E-state index in [0.717, 1.165) is 31.9 Å². The van der Waals surface area contributed by atoms with Crippen molar-refractivity contribution in [3.8, 4) is 0 Å². The summed E-state index contributed by atoms with van der Waals surface area (Å²) in [6.45, 7) is 11.9. The van der Waals surface area contributed by atoms with Crippen LogP contribution in [0.5, 0.6) is 0 Å². The van der Waals surface area contributed by atoms with Crippen LogP contribution in [0.3, 0.4) is 0 Å². The highest BCUT2D eigenvalue weighted by atomic mass is 19.4. The molecular formula is C18H26F3N3O. The molecule has 0 saturated carbocycles. The lowest BCUT2D eigenvalue weighted by Crippen LogP contribution is -2.53. The van der Waals surface area contributed by atoms with Gasteiger partial charge in [0.1, 0.15) is 0 Å². The third kappa shape index (κ3) is 5.11. The fourth-order valence-corrected chi connectivity index (χ4v) is 2.97. The van der Waals surface area contributed by atoms with Crippen molar-refractivity contribution in [3.05, 3.63) is 29.8 Å². The molecule has 1 saturated heterocycles. The van der Waals surface area contributed by atoms with Gasteiger partial charge in [0.25, 0.3) is 0 Å². The van der Waals surface area contributed by atoms with E-state index in [0.29, 0.717) is 5.56 Å². The van der Waals surface area contributed by atoms with Crippen molar-refractivity contribution < 1.29 is 18.0 Å². The fourth-order valence-electron chi connectivity index (χ4n) is 2.97. The predicted molar refractivity (Wildman–Crippen MR) is 92.6 cm³/mol. The molecule has 1 aliphatic rings. The summed E-state index contributed by atoms with van der Waals surface area (Å²) in [5.74, 6) is -1.91. The van der Waals surface area contributed by atoms with Crippen molar-refractivity contribution in [1.82, 2.24) is 10.2 Å². The summed E-state index contributed by atoms with van der Waals surface area (Å²) in [5.41, 5.74) is 1.85. The smallest absolute Gasteiger partial charge is 0.369 e. The van der Waals surface area contributed by atoms with E-state index in [-0.39, 0.29) is 5.54 Å². The molecule has 0 radical (unpaired) electrons. The van der Waals surface area contributed by atoms with Crippen LogP contribution in [-0.4, -0.2) is 48.7 Å². The van der Waals surface area contributed by atoms with Crippen molar-refractivity contribution >= 4 is 11.6 Å². The topological polar surface area (TPSA) is 35.6 Å². The molecule has 4 nitrogen and oxygen atoms in total. The first-order chi connectivity index (χ1) is 11.5. The van der Waals surface area contributed by atoms with Gasteiger partial charge in [0.2, 0.25) is 0 Å². The molecule has 2 rings (SSSR count). The van der Waals surface area contributed by atoms with Crippen molar-refractivity contribution in [1.29, 1.82) is 0 Å². The van der Waals surface area contributed by atoms with E-state index in [1.807, 2.05) is 17.4 Å². The van der Waals surface area contributed by atoms with Gasteiger partial charge in [0.15, 0.2) is 0 Å². The van der Waals surface area contributed by atoms with Crippen molar-refractivity contribution in [3.63, 3.8) is 0 Å². The minimum atomic E-state index is -4.86. The highest BCUT2D eigenvalue weighted by Crippen LogP contribution is 2.24. The number of anilines is 1. The molecule has 1 aliphatic heterocycles. The van der Waals surface area contributed by atoms with Gasteiger partial charge in [0, 0.05) is 37.4 Å². The zero-order valence-electron chi connectivity index (χ0n) is 15.2. The summed E-state index contributed by atoms with van der Waals surface area (Å²) in [4.78, 5) is 15.7. The average Bonchev–Trinajstić information content (AvgIpc) is 2.53. The highest BCUT2D eigenvalue weighted by molar-refractivity contribution is 5.82. The van der Waals surface area contributed by atoms with Crippen molar-refractivity contribution in [2.75, 3.05) is 31.1 Å². The number of piperazine rings is 1. The third-order valence-electron chi connectivity index (χ3n) is 4.59. The number of hydrogen-bond donors (Lipinski definition) is 1. The average molecular weight is 357 g/mol. The van der Waals surface area contributed by atoms with Gasteiger partial charge in [-0.1, -0.05) is 12.1 Å². The summed E-state index contributed by atoms with van der Waals surface area (Å²) >= 11 is 0. The lowest BCUT2D eigenvalue weighted by atomic mass is 10.0. The molecule has 1 amide bonds. The van der Waals surface area contributed by atoms with Gasteiger partial charge < -0.3 is 10.2 Å². The largest absolute Gasteiger partial charge is 0.471 e. The first-order valence-corrected chi connectivity index (χ1v) is 8.46. The number of benzene rings is 1. The Hall–Kier alpha value is -1.76. The predicted octanol–water partition coefficient (Wildman–Crippen LogP) is 3.35. The molecule has 7 heteroatoms. The van der Waals surface area contributed by atoms with E-state index in [1.54, 1.807) is 19.1 Å². The van der Waals surface area contributed by atoms with Gasteiger partial charge in [0.05, 0.1) is 6.04 Å². The van der Waals surface area contributed by atoms with Gasteiger partial charge in [-0.2, -0.15) is 13.2 Å². The Morgan fingerprint density at radius 2 is 1.56 bits per heavy atom. The van der Waals surface area contributed by atoms with Crippen LogP contribution in [0.25, 0.3) is 0 Å². The normalized spacial score (nSPS) is 18.1. The Bertz CT molecular complexity index is 585. The Balaban J connectivity index is 1.95. The number of nitrogens with one attached hydrogen (secondary N) is 1. The summed E-state index contributed by atoms with van der Waals surface area (Å²) in [5, 5.41) is 1.97. The van der Waals surface area contributed by atoms with Crippen LogP contribution in [0.2, 0.25) is 0 Å². The van der Waals surface area contributed by atoms with Crippen LogP contribution in [-0.2, 0) is 4.79 Å². The quantitative estimate of drug-likeness (QED) is 0.901. The molecule has 0 bridgehead atoms. The second kappa shape index (κ2) is 7.23. The van der Waals surface area contributed by atoms with E-state index < -0.39 is 18.1 Å². The maximum atomic E-state index is 12.3. The molecule has 0 aliphatic carbocycles. The second-order valence-electron chi connectivity index (χ2n) is 7.43. The van der Waals surface area contributed by atoms with Crippen molar-refractivity contribution in [2.24, 2.45) is 0 Å². The Morgan fingerprint density at radius 3 is 2.00 bits per heavy atom. The van der Waals surface area contributed by atoms with Crippen LogP contribution in [0, 0.1) is 0 Å². The molecule has 1 aromatic carbocycles. The lowest BCUT2D eigenvalue weighted by Gasteiger charge is -2.43. The van der Waals surface area contributed by atoms with Crippen LogP contribution >= 0.6 is 0 Å². The molecule has 1 aromatic rings. The summed E-state index contributed by atoms with van der Waals surface area (Å²) in [6.07, 6.45) is -4.86. The Kier molecular flexibility index (Phi) is 5.66. The van der Waals surface area contributed by atoms with Gasteiger partial charge in [-0.25, -0.2) is 0 Å². The molecule has 1 atom stereocenters. The number of carbonyl (C=O) groups is 1. The fraction of sp³-hybridized carbons (Fsp3) is 0.611. The summed E-state index contributed by atoms with van der Waals surface area (Å²) in [7, 11) is 0. The number of alkyl halides is 3. The van der Waals surface area contributed by atoms with Crippen LogP contribution < -0.4 is 10.2 Å². The lowest BCUT2D eigenvalue weighted by molar-refractivity contribution is -0.174. The van der Waals surface area contributed by atoms with Crippen LogP contribution in [0.1, 0.15) is 39.3 Å². The van der Waals surface area contributed by atoms with Gasteiger partial charge in [-0.15, -0.1) is 0 Å². The second-order valence-corrected chi connectivity index (χ2v) is 7.43.